The van der Waals surface area contributed by atoms with Crippen LogP contribution in [-0.4, -0.2) is 17.1 Å². The molecule has 0 radical (unpaired) electrons. The number of anilines is 1. The lowest BCUT2D eigenvalue weighted by Crippen LogP contribution is -2.23. The average Bonchev–Trinajstić information content (AvgIpc) is 2.41. The lowest BCUT2D eigenvalue weighted by Gasteiger charge is -2.15. The third-order valence-corrected chi connectivity index (χ3v) is 4.02. The van der Waals surface area contributed by atoms with Gasteiger partial charge in [-0.1, -0.05) is 23.2 Å². The van der Waals surface area contributed by atoms with Gasteiger partial charge in [-0.25, -0.2) is 4.98 Å². The zero-order chi connectivity index (χ0) is 10.3. The smallest absolute Gasteiger partial charge is 0.261 e. The van der Waals surface area contributed by atoms with Crippen molar-refractivity contribution in [3.8, 4) is 0 Å². The quantitative estimate of drug-likeness (QED) is 0.777. The number of hydrogen-bond acceptors (Lipinski definition) is 3. The van der Waals surface area contributed by atoms with Gasteiger partial charge in [0.1, 0.15) is 5.82 Å². The highest BCUT2D eigenvalue weighted by Crippen LogP contribution is 2.47. The Labute approximate surface area is 95.2 Å². The van der Waals surface area contributed by atoms with Crippen LogP contribution >= 0.6 is 35.0 Å². The molecule has 1 aliphatic rings. The van der Waals surface area contributed by atoms with Crippen LogP contribution in [-0.2, 0) is 9.00 Å². The molecular weight excluding hydrogens is 243 g/mol. The van der Waals surface area contributed by atoms with Crippen LogP contribution in [0.5, 0.6) is 0 Å². The van der Waals surface area contributed by atoms with Crippen molar-refractivity contribution < 1.29 is 4.79 Å². The van der Waals surface area contributed by atoms with Gasteiger partial charge in [-0.2, -0.15) is 0 Å². The fourth-order valence-electron chi connectivity index (χ4n) is 1.30. The minimum atomic E-state index is -1.09. The van der Waals surface area contributed by atoms with Crippen molar-refractivity contribution in [1.29, 1.82) is 0 Å². The van der Waals surface area contributed by atoms with Crippen molar-refractivity contribution >= 4 is 46.7 Å². The summed E-state index contributed by atoms with van der Waals surface area (Å²) < 4.78 is -1.09. The maximum Gasteiger partial charge on any atom is 0.261 e. The van der Waals surface area contributed by atoms with Crippen LogP contribution in [0.15, 0.2) is 12.3 Å². The monoisotopic (exact) mass is 248 g/mol. The molecule has 0 saturated heterocycles. The summed E-state index contributed by atoms with van der Waals surface area (Å²) in [4.78, 5) is 15.5. The van der Waals surface area contributed by atoms with Crippen LogP contribution in [0.2, 0.25) is 5.02 Å². The molecule has 1 N–H and O–H groups in total. The molecule has 1 aromatic rings. The number of amides is 1. The molecule has 0 unspecified atom stereocenters. The van der Waals surface area contributed by atoms with Gasteiger partial charge in [0.15, 0.2) is 4.21 Å². The normalized spacial score (nSPS) is 24.6. The van der Waals surface area contributed by atoms with E-state index in [1.807, 2.05) is 0 Å². The third-order valence-electron chi connectivity index (χ3n) is 2.01. The van der Waals surface area contributed by atoms with Crippen LogP contribution < -0.4 is 5.32 Å². The Balaban J connectivity index is 2.61. The molecular formula is C8H6Cl2N2OS. The van der Waals surface area contributed by atoms with Crippen LogP contribution in [0.1, 0.15) is 5.56 Å². The predicted octanol–water partition coefficient (Wildman–Crippen LogP) is 2.44. The number of hydrogen-bond donors (Lipinski definition) is 1. The Kier molecular flexibility index (Phi) is 2.37. The molecule has 2 heterocycles. The number of pyridine rings is 1. The van der Waals surface area contributed by atoms with Crippen LogP contribution in [0.4, 0.5) is 5.82 Å². The fourth-order valence-corrected chi connectivity index (χ4v) is 2.26. The SMILES string of the molecule is CS[C@@]1(Cl)C(=O)Nc2ncc(Cl)cc21. The van der Waals surface area contributed by atoms with Gasteiger partial charge in [-0.05, 0) is 12.3 Å². The highest BCUT2D eigenvalue weighted by molar-refractivity contribution is 8.01. The Morgan fingerprint density at radius 1 is 1.64 bits per heavy atom. The maximum absolute atomic E-state index is 11.5. The molecule has 1 aliphatic heterocycles. The second-order valence-corrected chi connectivity index (χ2v) is 5.05. The number of thioether (sulfide) groups is 1. The molecule has 3 nitrogen and oxygen atoms in total. The summed E-state index contributed by atoms with van der Waals surface area (Å²) in [6, 6.07) is 1.66. The van der Waals surface area contributed by atoms with Gasteiger partial charge in [0.25, 0.3) is 5.91 Å². The summed E-state index contributed by atoms with van der Waals surface area (Å²) in [6.07, 6.45) is 3.24. The van der Waals surface area contributed by atoms with Crippen molar-refractivity contribution in [1.82, 2.24) is 4.98 Å². The molecule has 1 aromatic heterocycles. The molecule has 0 fully saturated rings. The van der Waals surface area contributed by atoms with E-state index < -0.39 is 4.21 Å². The number of aromatic nitrogens is 1. The first kappa shape index (κ1) is 10.1. The van der Waals surface area contributed by atoms with E-state index in [1.54, 1.807) is 12.3 Å². The van der Waals surface area contributed by atoms with E-state index in [1.165, 1.54) is 18.0 Å². The van der Waals surface area contributed by atoms with Gasteiger partial charge in [0, 0.05) is 11.8 Å². The van der Waals surface area contributed by atoms with Gasteiger partial charge >= 0.3 is 0 Å². The second-order valence-electron chi connectivity index (χ2n) is 2.80. The fraction of sp³-hybridized carbons (Fsp3) is 0.250. The lowest BCUT2D eigenvalue weighted by atomic mass is 10.2. The van der Waals surface area contributed by atoms with Gasteiger partial charge in [0.05, 0.1) is 5.02 Å². The van der Waals surface area contributed by atoms with Gasteiger partial charge < -0.3 is 5.32 Å². The standard InChI is InChI=1S/C8H6Cl2N2OS/c1-14-8(10)5-2-4(9)3-11-6(5)12-7(8)13/h2-3H,1H3,(H,11,12,13)/t8-/m1/s1. The topological polar surface area (TPSA) is 42.0 Å². The average molecular weight is 249 g/mol. The molecule has 2 rings (SSSR count). The molecule has 0 bridgehead atoms. The minimum absolute atomic E-state index is 0.267. The molecule has 0 spiro atoms. The van der Waals surface area contributed by atoms with Crippen molar-refractivity contribution in [2.75, 3.05) is 11.6 Å². The summed E-state index contributed by atoms with van der Waals surface area (Å²) in [5.41, 5.74) is 0.629. The summed E-state index contributed by atoms with van der Waals surface area (Å²) in [7, 11) is 0. The Morgan fingerprint density at radius 3 is 3.00 bits per heavy atom. The molecule has 74 valence electrons. The van der Waals surface area contributed by atoms with E-state index >= 15 is 0 Å². The first-order chi connectivity index (χ1) is 6.58. The van der Waals surface area contributed by atoms with Gasteiger partial charge in [-0.15, -0.1) is 11.8 Å². The molecule has 14 heavy (non-hydrogen) atoms. The van der Waals surface area contributed by atoms with Gasteiger partial charge in [0.2, 0.25) is 0 Å². The van der Waals surface area contributed by atoms with Crippen molar-refractivity contribution in [2.24, 2.45) is 0 Å². The highest BCUT2D eigenvalue weighted by atomic mass is 35.5. The largest absolute Gasteiger partial charge is 0.308 e. The third kappa shape index (κ3) is 1.29. The Morgan fingerprint density at radius 2 is 2.36 bits per heavy atom. The van der Waals surface area contributed by atoms with E-state index in [0.717, 1.165) is 0 Å². The molecule has 0 aromatic carbocycles. The number of nitrogens with zero attached hydrogens (tertiary/aromatic N) is 1. The summed E-state index contributed by atoms with van der Waals surface area (Å²) in [6.45, 7) is 0. The predicted molar refractivity (Wildman–Crippen MR) is 58.9 cm³/mol. The van der Waals surface area contributed by atoms with Crippen LogP contribution in [0.3, 0.4) is 0 Å². The zero-order valence-electron chi connectivity index (χ0n) is 7.17. The number of halogens is 2. The second kappa shape index (κ2) is 3.29. The van der Waals surface area contributed by atoms with Crippen LogP contribution in [0.25, 0.3) is 0 Å². The van der Waals surface area contributed by atoms with Gasteiger partial charge in [-0.3, -0.25) is 4.79 Å². The first-order valence-corrected chi connectivity index (χ1v) is 5.77. The Bertz CT molecular complexity index is 412. The number of carbonyl (C=O) groups is 1. The number of fused-ring (bicyclic) bond motifs is 1. The number of alkyl halides is 1. The molecule has 0 aliphatic carbocycles. The summed E-state index contributed by atoms with van der Waals surface area (Å²) >= 11 is 13.2. The van der Waals surface area contributed by atoms with E-state index in [-0.39, 0.29) is 5.91 Å². The van der Waals surface area contributed by atoms with Crippen molar-refractivity contribution in [3.05, 3.63) is 22.8 Å². The Hall–Kier alpha value is -0.450. The number of rotatable bonds is 1. The minimum Gasteiger partial charge on any atom is -0.308 e. The zero-order valence-corrected chi connectivity index (χ0v) is 9.50. The summed E-state index contributed by atoms with van der Waals surface area (Å²) in [5.74, 6) is 0.222. The van der Waals surface area contributed by atoms with E-state index in [2.05, 4.69) is 10.3 Å². The molecule has 6 heteroatoms. The number of carbonyl (C=O) groups excluding carboxylic acids is 1. The van der Waals surface area contributed by atoms with Crippen molar-refractivity contribution in [3.63, 3.8) is 0 Å². The summed E-state index contributed by atoms with van der Waals surface area (Å²) in [5, 5.41) is 3.08. The molecule has 0 saturated carbocycles. The molecule has 1 atom stereocenters. The van der Waals surface area contributed by atoms with Crippen LogP contribution in [0, 0.1) is 0 Å². The van der Waals surface area contributed by atoms with Crippen molar-refractivity contribution in [2.45, 2.75) is 4.21 Å². The first-order valence-electron chi connectivity index (χ1n) is 3.79. The van der Waals surface area contributed by atoms with E-state index in [0.29, 0.717) is 16.4 Å². The lowest BCUT2D eigenvalue weighted by molar-refractivity contribution is -0.116. The van der Waals surface area contributed by atoms with E-state index in [9.17, 15) is 4.79 Å². The van der Waals surface area contributed by atoms with E-state index in [4.69, 9.17) is 23.2 Å². The number of nitrogens with one attached hydrogen (secondary N) is 1. The molecule has 1 amide bonds. The highest BCUT2D eigenvalue weighted by Gasteiger charge is 2.45. The maximum atomic E-state index is 11.5.